The topological polar surface area (TPSA) is 206 Å². The first-order chi connectivity index (χ1) is 21.0. The predicted octanol–water partition coefficient (Wildman–Crippen LogP) is 0.167. The predicted molar refractivity (Wildman–Crippen MR) is 167 cm³/mol. The van der Waals surface area contributed by atoms with Crippen LogP contribution in [0.1, 0.15) is 87.0 Å². The number of hydrogen-bond donors (Lipinski definition) is 5. The van der Waals surface area contributed by atoms with Crippen LogP contribution in [-0.4, -0.2) is 96.6 Å². The number of rotatable bonds is 19. The van der Waals surface area contributed by atoms with Crippen molar-refractivity contribution in [2.75, 3.05) is 26.2 Å². The minimum absolute atomic E-state index is 0.0615. The summed E-state index contributed by atoms with van der Waals surface area (Å²) in [5.41, 5.74) is 5.94. The lowest BCUT2D eigenvalue weighted by atomic mass is 10.0. The summed E-state index contributed by atoms with van der Waals surface area (Å²) in [6.07, 6.45) is 2.21. The molecule has 5 amide bonds. The minimum Gasteiger partial charge on any atom is -0.464 e. The van der Waals surface area contributed by atoms with Crippen LogP contribution < -0.4 is 27.0 Å². The van der Waals surface area contributed by atoms with Gasteiger partial charge in [0.05, 0.1) is 19.2 Å². The van der Waals surface area contributed by atoms with Gasteiger partial charge in [0, 0.05) is 19.9 Å². The average Bonchev–Trinajstić information content (AvgIpc) is 3.44. The van der Waals surface area contributed by atoms with Gasteiger partial charge in [0.15, 0.2) is 5.78 Å². The van der Waals surface area contributed by atoms with Crippen molar-refractivity contribution >= 4 is 41.3 Å². The molecule has 1 rings (SSSR count). The van der Waals surface area contributed by atoms with Crippen LogP contribution in [0, 0.1) is 17.8 Å². The van der Waals surface area contributed by atoms with E-state index in [9.17, 15) is 33.6 Å². The highest BCUT2D eigenvalue weighted by atomic mass is 16.5. The van der Waals surface area contributed by atoms with E-state index in [0.29, 0.717) is 38.6 Å². The molecule has 14 nitrogen and oxygen atoms in total. The second-order valence-electron chi connectivity index (χ2n) is 12.9. The van der Waals surface area contributed by atoms with Crippen molar-refractivity contribution in [1.82, 2.24) is 26.2 Å². The molecule has 0 radical (unpaired) electrons. The Morgan fingerprint density at radius 3 is 1.84 bits per heavy atom. The van der Waals surface area contributed by atoms with Gasteiger partial charge in [-0.2, -0.15) is 0 Å². The fourth-order valence-electron chi connectivity index (χ4n) is 4.99. The zero-order valence-corrected chi connectivity index (χ0v) is 27.9. The smallest absolute Gasteiger partial charge is 0.325 e. The summed E-state index contributed by atoms with van der Waals surface area (Å²) < 4.78 is 5.05. The Balaban J connectivity index is 2.51. The molecule has 0 aromatic carbocycles. The quantitative estimate of drug-likeness (QED) is 0.122. The Labute approximate surface area is 266 Å². The first-order valence-corrected chi connectivity index (χ1v) is 15.9. The number of esters is 1. The Kier molecular flexibility index (Phi) is 17.3. The van der Waals surface area contributed by atoms with Gasteiger partial charge in [-0.1, -0.05) is 41.5 Å². The van der Waals surface area contributed by atoms with E-state index in [1.54, 1.807) is 0 Å². The number of ketones is 1. The van der Waals surface area contributed by atoms with Crippen LogP contribution in [-0.2, 0) is 38.3 Å². The minimum atomic E-state index is -0.903. The van der Waals surface area contributed by atoms with Crippen molar-refractivity contribution in [2.45, 2.75) is 111 Å². The number of amides is 5. The molecule has 0 unspecified atom stereocenters. The average molecular weight is 639 g/mol. The standard InChI is InChI=1S/C31H54N6O8/c1-18(2)13-23(32)28(41)35-24(14-19(3)4)29(42)33-16-22(39)10-12-45-27(40)17-34-30(43)25(15-20(5)6)36-31(44)26-9-8-11-37(26)21(7)38/h18-20,23-26H,8-17,32H2,1-7H3,(H,33,42)(H,34,43)(H,35,41)(H,36,44)/t23-,24-,25-,26-/m0/s1. The van der Waals surface area contributed by atoms with E-state index in [-0.39, 0.29) is 43.2 Å². The monoisotopic (exact) mass is 638 g/mol. The highest BCUT2D eigenvalue weighted by Gasteiger charge is 2.34. The van der Waals surface area contributed by atoms with Gasteiger partial charge < -0.3 is 36.6 Å². The van der Waals surface area contributed by atoms with Crippen molar-refractivity contribution < 1.29 is 38.3 Å². The maximum atomic E-state index is 12.8. The number of likely N-dealkylation sites (tertiary alicyclic amines) is 1. The molecule has 0 aliphatic carbocycles. The largest absolute Gasteiger partial charge is 0.464 e. The fourth-order valence-corrected chi connectivity index (χ4v) is 4.99. The molecule has 256 valence electrons. The van der Waals surface area contributed by atoms with E-state index in [1.807, 2.05) is 41.5 Å². The molecule has 1 aliphatic rings. The first-order valence-electron chi connectivity index (χ1n) is 15.9. The number of nitrogens with one attached hydrogen (secondary N) is 4. The van der Waals surface area contributed by atoms with E-state index < -0.39 is 66.1 Å². The van der Waals surface area contributed by atoms with E-state index in [0.717, 1.165) is 0 Å². The third-order valence-electron chi connectivity index (χ3n) is 7.21. The molecule has 6 N–H and O–H groups in total. The lowest BCUT2D eigenvalue weighted by molar-refractivity contribution is -0.145. The van der Waals surface area contributed by atoms with Crippen LogP contribution in [0.25, 0.3) is 0 Å². The van der Waals surface area contributed by atoms with E-state index in [2.05, 4.69) is 21.3 Å². The van der Waals surface area contributed by atoms with Crippen LogP contribution in [0.5, 0.6) is 0 Å². The number of nitrogens with zero attached hydrogens (tertiary/aromatic N) is 1. The Morgan fingerprint density at radius 1 is 0.778 bits per heavy atom. The van der Waals surface area contributed by atoms with E-state index in [1.165, 1.54) is 11.8 Å². The Hall–Kier alpha value is -3.55. The van der Waals surface area contributed by atoms with E-state index >= 15 is 0 Å². The summed E-state index contributed by atoms with van der Waals surface area (Å²) in [6.45, 7) is 12.3. The molecule has 14 heteroatoms. The normalized spacial score (nSPS) is 16.6. The molecular weight excluding hydrogens is 584 g/mol. The zero-order valence-electron chi connectivity index (χ0n) is 27.9. The summed E-state index contributed by atoms with van der Waals surface area (Å²) in [5.74, 6) is -2.91. The van der Waals surface area contributed by atoms with Crippen molar-refractivity contribution in [3.63, 3.8) is 0 Å². The summed E-state index contributed by atoms with van der Waals surface area (Å²) in [6, 6.07) is -3.13. The molecule has 0 bridgehead atoms. The summed E-state index contributed by atoms with van der Waals surface area (Å²) in [4.78, 5) is 88.6. The highest BCUT2D eigenvalue weighted by Crippen LogP contribution is 2.18. The molecule has 0 saturated carbocycles. The van der Waals surface area contributed by atoms with Crippen molar-refractivity contribution in [3.05, 3.63) is 0 Å². The lowest BCUT2D eigenvalue weighted by Gasteiger charge is -2.26. The number of ether oxygens (including phenoxy) is 1. The van der Waals surface area contributed by atoms with Gasteiger partial charge in [0.25, 0.3) is 0 Å². The second-order valence-corrected chi connectivity index (χ2v) is 12.9. The molecule has 4 atom stereocenters. The van der Waals surface area contributed by atoms with Gasteiger partial charge in [-0.15, -0.1) is 0 Å². The van der Waals surface area contributed by atoms with Crippen LogP contribution in [0.2, 0.25) is 0 Å². The third-order valence-corrected chi connectivity index (χ3v) is 7.21. The van der Waals surface area contributed by atoms with Crippen molar-refractivity contribution in [3.8, 4) is 0 Å². The Bertz CT molecular complexity index is 1050. The molecule has 0 aromatic heterocycles. The van der Waals surface area contributed by atoms with Crippen LogP contribution in [0.15, 0.2) is 0 Å². The molecule has 1 fully saturated rings. The zero-order chi connectivity index (χ0) is 34.3. The lowest BCUT2D eigenvalue weighted by Crippen LogP contribution is -2.53. The SMILES string of the molecule is CC(=O)N1CCC[C@H]1C(=O)N[C@@H](CC(C)C)C(=O)NCC(=O)OCCC(=O)CNC(=O)[C@H](CC(C)C)NC(=O)[C@@H](N)CC(C)C. The van der Waals surface area contributed by atoms with Gasteiger partial charge >= 0.3 is 5.97 Å². The van der Waals surface area contributed by atoms with E-state index in [4.69, 9.17) is 10.5 Å². The molecule has 1 saturated heterocycles. The van der Waals surface area contributed by atoms with Gasteiger partial charge in [-0.05, 0) is 49.9 Å². The van der Waals surface area contributed by atoms with Crippen LogP contribution in [0.3, 0.4) is 0 Å². The van der Waals surface area contributed by atoms with Gasteiger partial charge in [-0.3, -0.25) is 33.6 Å². The number of hydrogen-bond acceptors (Lipinski definition) is 9. The molecular formula is C31H54N6O8. The number of carbonyl (C=O) groups excluding carboxylic acids is 7. The van der Waals surface area contributed by atoms with Gasteiger partial charge in [0.1, 0.15) is 24.7 Å². The maximum Gasteiger partial charge on any atom is 0.325 e. The number of Topliss-reactive ketones (excluding diaryl/α,β-unsaturated/α-hetero) is 1. The van der Waals surface area contributed by atoms with Crippen LogP contribution in [0.4, 0.5) is 0 Å². The van der Waals surface area contributed by atoms with Crippen molar-refractivity contribution in [1.29, 1.82) is 0 Å². The molecule has 45 heavy (non-hydrogen) atoms. The second kappa shape index (κ2) is 19.8. The first kappa shape index (κ1) is 39.5. The molecule has 0 spiro atoms. The third kappa shape index (κ3) is 15.3. The highest BCUT2D eigenvalue weighted by molar-refractivity contribution is 5.93. The summed E-state index contributed by atoms with van der Waals surface area (Å²) in [7, 11) is 0. The van der Waals surface area contributed by atoms with Crippen molar-refractivity contribution in [2.24, 2.45) is 23.5 Å². The Morgan fingerprint density at radius 2 is 1.31 bits per heavy atom. The maximum absolute atomic E-state index is 12.8. The number of carbonyl (C=O) groups is 7. The van der Waals surface area contributed by atoms with Crippen LogP contribution >= 0.6 is 0 Å². The molecule has 1 heterocycles. The van der Waals surface area contributed by atoms with Gasteiger partial charge in [-0.25, -0.2) is 0 Å². The van der Waals surface area contributed by atoms with Gasteiger partial charge in [0.2, 0.25) is 29.5 Å². The molecule has 1 aliphatic heterocycles. The summed E-state index contributed by atoms with van der Waals surface area (Å²) in [5, 5.41) is 10.4. The fraction of sp³-hybridized carbons (Fsp3) is 0.774. The summed E-state index contributed by atoms with van der Waals surface area (Å²) >= 11 is 0. The molecule has 0 aromatic rings. The number of nitrogens with two attached hydrogens (primary N) is 1.